The number of anilines is 2. The van der Waals surface area contributed by atoms with E-state index in [1.54, 1.807) is 18.2 Å². The quantitative estimate of drug-likeness (QED) is 0.773. The second-order valence-corrected chi connectivity index (χ2v) is 4.10. The minimum Gasteiger partial charge on any atom is -0.399 e. The maximum Gasteiger partial charge on any atom is 0.274 e. The molecule has 0 aliphatic heterocycles. The van der Waals surface area contributed by atoms with Crippen molar-refractivity contribution in [3.63, 3.8) is 0 Å². The van der Waals surface area contributed by atoms with E-state index >= 15 is 0 Å². The molecule has 1 heterocycles. The van der Waals surface area contributed by atoms with Gasteiger partial charge < -0.3 is 16.2 Å². The lowest BCUT2D eigenvalue weighted by molar-refractivity contribution is 0.102. The molecule has 0 saturated heterocycles. The van der Waals surface area contributed by atoms with E-state index in [0.29, 0.717) is 17.8 Å². The van der Waals surface area contributed by atoms with Crippen LogP contribution in [0.5, 0.6) is 0 Å². The third kappa shape index (κ3) is 3.53. The second-order valence-electron chi connectivity index (χ2n) is 4.10. The van der Waals surface area contributed by atoms with Crippen molar-refractivity contribution >= 4 is 17.3 Å². The maximum atomic E-state index is 11.9. The van der Waals surface area contributed by atoms with E-state index in [9.17, 15) is 4.79 Å². The number of pyridine rings is 1. The predicted molar refractivity (Wildman–Crippen MR) is 73.8 cm³/mol. The van der Waals surface area contributed by atoms with E-state index in [1.165, 1.54) is 12.3 Å². The van der Waals surface area contributed by atoms with Crippen LogP contribution in [-0.2, 0) is 6.42 Å². The zero-order valence-corrected chi connectivity index (χ0v) is 10.3. The number of nitrogens with one attached hydrogen (secondary N) is 1. The van der Waals surface area contributed by atoms with Crippen LogP contribution >= 0.6 is 0 Å². The normalized spacial score (nSPS) is 10.2. The maximum absolute atomic E-state index is 11.9. The van der Waals surface area contributed by atoms with E-state index in [0.717, 1.165) is 5.56 Å². The number of nitrogens with zero attached hydrogens (tertiary/aromatic N) is 1. The van der Waals surface area contributed by atoms with Gasteiger partial charge in [-0.25, -0.2) is 0 Å². The molecule has 5 nitrogen and oxygen atoms in total. The molecule has 1 aromatic carbocycles. The van der Waals surface area contributed by atoms with Crippen LogP contribution in [0.25, 0.3) is 0 Å². The van der Waals surface area contributed by atoms with Crippen LogP contribution in [0.2, 0.25) is 0 Å². The third-order valence-electron chi connectivity index (χ3n) is 2.63. The summed E-state index contributed by atoms with van der Waals surface area (Å²) in [5.74, 6) is -0.304. The summed E-state index contributed by atoms with van der Waals surface area (Å²) in [6.45, 7) is 0.110. The number of rotatable bonds is 4. The van der Waals surface area contributed by atoms with Gasteiger partial charge in [0.1, 0.15) is 5.69 Å². The van der Waals surface area contributed by atoms with Gasteiger partial charge in [-0.05, 0) is 36.2 Å². The molecular formula is C14H15N3O2. The number of aromatic nitrogens is 1. The molecule has 0 spiro atoms. The number of nitrogens with two attached hydrogens (primary N) is 1. The van der Waals surface area contributed by atoms with E-state index in [-0.39, 0.29) is 18.2 Å². The Labute approximate surface area is 111 Å². The predicted octanol–water partition coefficient (Wildman–Crippen LogP) is 1.45. The minimum absolute atomic E-state index is 0.110. The Bertz CT molecular complexity index is 567. The molecule has 0 unspecified atom stereocenters. The average molecular weight is 257 g/mol. The van der Waals surface area contributed by atoms with Crippen molar-refractivity contribution in [2.75, 3.05) is 17.7 Å². The Balaban J connectivity index is 2.06. The summed E-state index contributed by atoms with van der Waals surface area (Å²) in [5, 5.41) is 11.6. The van der Waals surface area contributed by atoms with Crippen LogP contribution in [0.3, 0.4) is 0 Å². The molecule has 0 radical (unpaired) electrons. The van der Waals surface area contributed by atoms with Gasteiger partial charge in [0.05, 0.1) is 0 Å². The topological polar surface area (TPSA) is 88.2 Å². The highest BCUT2D eigenvalue weighted by molar-refractivity contribution is 6.03. The molecule has 2 aromatic rings. The summed E-state index contributed by atoms with van der Waals surface area (Å²) < 4.78 is 0. The van der Waals surface area contributed by atoms with E-state index in [2.05, 4.69) is 10.3 Å². The highest BCUT2D eigenvalue weighted by Gasteiger charge is 2.07. The Kier molecular flexibility index (Phi) is 4.10. The SMILES string of the molecule is Nc1ccnc(C(=O)Nc2ccc(CCO)cc2)c1. The fourth-order valence-corrected chi connectivity index (χ4v) is 1.65. The smallest absolute Gasteiger partial charge is 0.274 e. The molecule has 4 N–H and O–H groups in total. The summed E-state index contributed by atoms with van der Waals surface area (Å²) >= 11 is 0. The monoisotopic (exact) mass is 257 g/mol. The third-order valence-corrected chi connectivity index (χ3v) is 2.63. The molecule has 0 bridgehead atoms. The van der Waals surface area contributed by atoms with Gasteiger partial charge in [0.25, 0.3) is 5.91 Å². The average Bonchev–Trinajstić information content (AvgIpc) is 2.41. The van der Waals surface area contributed by atoms with Crippen molar-refractivity contribution < 1.29 is 9.90 Å². The summed E-state index contributed by atoms with van der Waals surface area (Å²) in [6, 6.07) is 10.4. The lowest BCUT2D eigenvalue weighted by Gasteiger charge is -2.06. The van der Waals surface area contributed by atoms with Crippen molar-refractivity contribution in [1.29, 1.82) is 0 Å². The first-order valence-corrected chi connectivity index (χ1v) is 5.92. The Morgan fingerprint density at radius 2 is 2.00 bits per heavy atom. The van der Waals surface area contributed by atoms with Gasteiger partial charge in [-0.2, -0.15) is 0 Å². The largest absolute Gasteiger partial charge is 0.399 e. The second kappa shape index (κ2) is 5.97. The number of amides is 1. The fraction of sp³-hybridized carbons (Fsp3) is 0.143. The number of aliphatic hydroxyl groups is 1. The van der Waals surface area contributed by atoms with Crippen LogP contribution in [0.1, 0.15) is 16.1 Å². The number of nitrogen functional groups attached to an aromatic ring is 1. The molecule has 0 aliphatic rings. The highest BCUT2D eigenvalue weighted by Crippen LogP contribution is 2.12. The Morgan fingerprint density at radius 1 is 1.26 bits per heavy atom. The number of hydrogen-bond acceptors (Lipinski definition) is 4. The van der Waals surface area contributed by atoms with E-state index in [4.69, 9.17) is 10.8 Å². The highest BCUT2D eigenvalue weighted by atomic mass is 16.2. The zero-order chi connectivity index (χ0) is 13.7. The molecule has 2 rings (SSSR count). The van der Waals surface area contributed by atoms with Crippen LogP contribution < -0.4 is 11.1 Å². The van der Waals surface area contributed by atoms with Crippen molar-refractivity contribution in [1.82, 2.24) is 4.98 Å². The van der Waals surface area contributed by atoms with Gasteiger partial charge in [-0.1, -0.05) is 12.1 Å². The summed E-state index contributed by atoms with van der Waals surface area (Å²) in [6.07, 6.45) is 2.10. The van der Waals surface area contributed by atoms with Crippen molar-refractivity contribution in [3.05, 3.63) is 53.9 Å². The van der Waals surface area contributed by atoms with Crippen LogP contribution in [0.15, 0.2) is 42.6 Å². The summed E-state index contributed by atoms with van der Waals surface area (Å²) in [7, 11) is 0. The number of benzene rings is 1. The van der Waals surface area contributed by atoms with Gasteiger partial charge >= 0.3 is 0 Å². The standard InChI is InChI=1S/C14H15N3O2/c15-11-5-7-16-13(9-11)14(19)17-12-3-1-10(2-4-12)6-8-18/h1-5,7,9,18H,6,8H2,(H2,15,16)(H,17,19). The number of carbonyl (C=O) groups excluding carboxylic acids is 1. The molecule has 1 amide bonds. The fourth-order valence-electron chi connectivity index (χ4n) is 1.65. The zero-order valence-electron chi connectivity index (χ0n) is 10.3. The Morgan fingerprint density at radius 3 is 2.63 bits per heavy atom. The van der Waals surface area contributed by atoms with Gasteiger partial charge in [0.2, 0.25) is 0 Å². The van der Waals surface area contributed by atoms with Gasteiger partial charge in [-0.3, -0.25) is 9.78 Å². The lowest BCUT2D eigenvalue weighted by atomic mass is 10.1. The molecule has 98 valence electrons. The van der Waals surface area contributed by atoms with Crippen molar-refractivity contribution in [2.45, 2.75) is 6.42 Å². The minimum atomic E-state index is -0.304. The number of hydrogen-bond donors (Lipinski definition) is 3. The molecule has 0 fully saturated rings. The first kappa shape index (κ1) is 13.0. The van der Waals surface area contributed by atoms with Crippen LogP contribution in [-0.4, -0.2) is 22.6 Å². The number of carbonyl (C=O) groups is 1. The van der Waals surface area contributed by atoms with Crippen molar-refractivity contribution in [2.24, 2.45) is 0 Å². The molecule has 5 heteroatoms. The lowest BCUT2D eigenvalue weighted by Crippen LogP contribution is -2.13. The summed E-state index contributed by atoms with van der Waals surface area (Å²) in [5.41, 5.74) is 8.07. The summed E-state index contributed by atoms with van der Waals surface area (Å²) in [4.78, 5) is 15.9. The molecule has 0 atom stereocenters. The Hall–Kier alpha value is -2.40. The molecule has 1 aromatic heterocycles. The molecular weight excluding hydrogens is 242 g/mol. The first-order chi connectivity index (χ1) is 9.19. The number of aliphatic hydroxyl groups excluding tert-OH is 1. The molecule has 0 aliphatic carbocycles. The van der Waals surface area contributed by atoms with Crippen LogP contribution in [0.4, 0.5) is 11.4 Å². The van der Waals surface area contributed by atoms with Gasteiger partial charge in [0, 0.05) is 24.2 Å². The first-order valence-electron chi connectivity index (χ1n) is 5.92. The van der Waals surface area contributed by atoms with E-state index < -0.39 is 0 Å². The van der Waals surface area contributed by atoms with E-state index in [1.807, 2.05) is 12.1 Å². The molecule has 19 heavy (non-hydrogen) atoms. The van der Waals surface area contributed by atoms with Crippen molar-refractivity contribution in [3.8, 4) is 0 Å². The molecule has 0 saturated carbocycles. The van der Waals surface area contributed by atoms with Gasteiger partial charge in [0.15, 0.2) is 0 Å². The van der Waals surface area contributed by atoms with Gasteiger partial charge in [-0.15, -0.1) is 0 Å². The van der Waals surface area contributed by atoms with Crippen LogP contribution in [0, 0.1) is 0 Å².